The number of aryl methyl sites for hydroxylation is 1. The topological polar surface area (TPSA) is 44.3 Å². The molecule has 1 aliphatic heterocycles. The van der Waals surface area contributed by atoms with Crippen LogP contribution in [0, 0.1) is 12.7 Å². The first-order valence-corrected chi connectivity index (χ1v) is 9.58. The molecule has 0 atom stereocenters. The van der Waals surface area contributed by atoms with Crippen LogP contribution in [0.5, 0.6) is 0 Å². The molecule has 2 heterocycles. The number of anilines is 4. The molecule has 5 nitrogen and oxygen atoms in total. The van der Waals surface area contributed by atoms with E-state index in [0.29, 0.717) is 11.6 Å². The van der Waals surface area contributed by atoms with Crippen LogP contribution >= 0.6 is 11.6 Å². The van der Waals surface area contributed by atoms with Crippen molar-refractivity contribution in [2.75, 3.05) is 41.3 Å². The van der Waals surface area contributed by atoms with Gasteiger partial charge in [0, 0.05) is 48.6 Å². The largest absolute Gasteiger partial charge is 0.368 e. The first kappa shape index (κ1) is 18.5. The third kappa shape index (κ3) is 4.34. The average Bonchev–Trinajstić information content (AvgIpc) is 2.69. The lowest BCUT2D eigenvalue weighted by Gasteiger charge is -2.37. The summed E-state index contributed by atoms with van der Waals surface area (Å²) in [5, 5.41) is 3.98. The van der Waals surface area contributed by atoms with E-state index in [9.17, 15) is 4.39 Å². The second kappa shape index (κ2) is 8.02. The minimum atomic E-state index is -0.261. The molecule has 2 aromatic carbocycles. The molecule has 1 aliphatic rings. The smallest absolute Gasteiger partial charge is 0.136 e. The van der Waals surface area contributed by atoms with Crippen molar-refractivity contribution in [1.29, 1.82) is 0 Å². The number of nitrogens with zero attached hydrogens (tertiary/aromatic N) is 4. The molecule has 0 amide bonds. The summed E-state index contributed by atoms with van der Waals surface area (Å²) in [6.07, 6.45) is 0. The molecular formula is C21H21ClFN5. The van der Waals surface area contributed by atoms with Gasteiger partial charge in [0.25, 0.3) is 0 Å². The van der Waals surface area contributed by atoms with Gasteiger partial charge in [-0.2, -0.15) is 0 Å². The van der Waals surface area contributed by atoms with Crippen LogP contribution in [0.15, 0.2) is 54.6 Å². The molecule has 0 aliphatic carbocycles. The van der Waals surface area contributed by atoms with Gasteiger partial charge in [-0.1, -0.05) is 17.7 Å². The zero-order valence-corrected chi connectivity index (χ0v) is 16.3. The maximum absolute atomic E-state index is 13.1. The predicted molar refractivity (Wildman–Crippen MR) is 112 cm³/mol. The van der Waals surface area contributed by atoms with Crippen LogP contribution in [0.3, 0.4) is 0 Å². The monoisotopic (exact) mass is 397 g/mol. The van der Waals surface area contributed by atoms with Crippen molar-refractivity contribution >= 4 is 34.6 Å². The van der Waals surface area contributed by atoms with Gasteiger partial charge in [-0.25, -0.2) is 14.4 Å². The maximum Gasteiger partial charge on any atom is 0.136 e. The lowest BCUT2D eigenvalue weighted by molar-refractivity contribution is 0.628. The molecule has 4 rings (SSSR count). The first-order valence-electron chi connectivity index (χ1n) is 9.20. The van der Waals surface area contributed by atoms with Crippen molar-refractivity contribution in [3.63, 3.8) is 0 Å². The fourth-order valence-corrected chi connectivity index (χ4v) is 3.51. The minimum Gasteiger partial charge on any atom is -0.368 e. The Morgan fingerprint density at radius 1 is 0.929 bits per heavy atom. The average molecular weight is 398 g/mol. The summed E-state index contributed by atoms with van der Waals surface area (Å²) in [5.41, 5.74) is 1.93. The Kier molecular flexibility index (Phi) is 5.30. The van der Waals surface area contributed by atoms with Crippen LogP contribution in [0.25, 0.3) is 0 Å². The number of hydrogen-bond donors (Lipinski definition) is 1. The van der Waals surface area contributed by atoms with Gasteiger partial charge in [0.2, 0.25) is 0 Å². The second-order valence-electron chi connectivity index (χ2n) is 6.74. The van der Waals surface area contributed by atoms with E-state index in [1.807, 2.05) is 31.2 Å². The molecule has 0 saturated carbocycles. The Labute approximate surface area is 168 Å². The third-order valence-electron chi connectivity index (χ3n) is 4.72. The second-order valence-corrected chi connectivity index (χ2v) is 7.18. The van der Waals surface area contributed by atoms with Crippen LogP contribution in [0.2, 0.25) is 5.02 Å². The van der Waals surface area contributed by atoms with E-state index in [1.54, 1.807) is 12.1 Å². The zero-order valence-electron chi connectivity index (χ0n) is 15.6. The Morgan fingerprint density at radius 2 is 1.64 bits per heavy atom. The normalized spacial score (nSPS) is 14.2. The van der Waals surface area contributed by atoms with Gasteiger partial charge in [0.15, 0.2) is 0 Å². The van der Waals surface area contributed by atoms with E-state index in [-0.39, 0.29) is 5.82 Å². The number of benzene rings is 2. The molecule has 28 heavy (non-hydrogen) atoms. The van der Waals surface area contributed by atoms with E-state index in [2.05, 4.69) is 31.2 Å². The molecule has 0 unspecified atom stereocenters. The van der Waals surface area contributed by atoms with Crippen molar-refractivity contribution < 1.29 is 4.39 Å². The molecule has 1 fully saturated rings. The molecule has 1 aromatic heterocycles. The molecule has 7 heteroatoms. The molecule has 0 spiro atoms. The van der Waals surface area contributed by atoms with Crippen molar-refractivity contribution in [3.8, 4) is 0 Å². The zero-order chi connectivity index (χ0) is 19.5. The van der Waals surface area contributed by atoms with Crippen molar-refractivity contribution in [2.45, 2.75) is 6.92 Å². The van der Waals surface area contributed by atoms with Crippen molar-refractivity contribution in [3.05, 3.63) is 71.3 Å². The summed E-state index contributed by atoms with van der Waals surface area (Å²) >= 11 is 6.12. The quantitative estimate of drug-likeness (QED) is 0.694. The lowest BCUT2D eigenvalue weighted by Crippen LogP contribution is -2.46. The SMILES string of the molecule is Cc1nc(Nc2ccc(F)cc2)cc(N2CCN(c3cccc(Cl)c3)CC2)n1. The summed E-state index contributed by atoms with van der Waals surface area (Å²) in [5.74, 6) is 2.02. The summed E-state index contributed by atoms with van der Waals surface area (Å²) in [4.78, 5) is 13.6. The maximum atomic E-state index is 13.1. The molecule has 144 valence electrons. The fourth-order valence-electron chi connectivity index (χ4n) is 3.33. The minimum absolute atomic E-state index is 0.261. The third-order valence-corrected chi connectivity index (χ3v) is 4.95. The van der Waals surface area contributed by atoms with Crippen molar-refractivity contribution in [1.82, 2.24) is 9.97 Å². The highest BCUT2D eigenvalue weighted by Crippen LogP contribution is 2.24. The van der Waals surface area contributed by atoms with Crippen LogP contribution in [-0.4, -0.2) is 36.1 Å². The molecule has 3 aromatic rings. The van der Waals surface area contributed by atoms with Gasteiger partial charge in [0.05, 0.1) is 0 Å². The highest BCUT2D eigenvalue weighted by atomic mass is 35.5. The standard InChI is InChI=1S/C21H21ClFN5/c1-15-24-20(26-18-7-5-17(23)6-8-18)14-21(25-15)28-11-9-27(10-12-28)19-4-2-3-16(22)13-19/h2-8,13-14H,9-12H2,1H3,(H,24,25,26). The Hall–Kier alpha value is -2.86. The highest BCUT2D eigenvalue weighted by molar-refractivity contribution is 6.30. The summed E-state index contributed by atoms with van der Waals surface area (Å²) in [6.45, 7) is 5.38. The van der Waals surface area contributed by atoms with Crippen LogP contribution < -0.4 is 15.1 Å². The number of rotatable bonds is 4. The Bertz CT molecular complexity index is 955. The van der Waals surface area contributed by atoms with E-state index in [0.717, 1.165) is 48.4 Å². The van der Waals surface area contributed by atoms with Crippen LogP contribution in [-0.2, 0) is 0 Å². The van der Waals surface area contributed by atoms with E-state index in [1.165, 1.54) is 12.1 Å². The molecule has 0 bridgehead atoms. The number of hydrogen-bond acceptors (Lipinski definition) is 5. The van der Waals surface area contributed by atoms with Gasteiger partial charge in [-0.15, -0.1) is 0 Å². The van der Waals surface area contributed by atoms with Gasteiger partial charge in [0.1, 0.15) is 23.3 Å². The Morgan fingerprint density at radius 3 is 2.36 bits per heavy atom. The number of nitrogens with one attached hydrogen (secondary N) is 1. The number of piperazine rings is 1. The van der Waals surface area contributed by atoms with Crippen LogP contribution in [0.4, 0.5) is 27.4 Å². The summed E-state index contributed by atoms with van der Waals surface area (Å²) in [7, 11) is 0. The number of halogens is 2. The van der Waals surface area contributed by atoms with Gasteiger partial charge in [-0.05, 0) is 49.4 Å². The molecule has 0 radical (unpaired) electrons. The van der Waals surface area contributed by atoms with E-state index < -0.39 is 0 Å². The van der Waals surface area contributed by atoms with E-state index in [4.69, 9.17) is 11.6 Å². The lowest BCUT2D eigenvalue weighted by atomic mass is 10.2. The molecule has 1 N–H and O–H groups in total. The fraction of sp³-hybridized carbons (Fsp3) is 0.238. The number of aromatic nitrogens is 2. The first-order chi connectivity index (χ1) is 13.6. The summed E-state index contributed by atoms with van der Waals surface area (Å²) < 4.78 is 13.1. The summed E-state index contributed by atoms with van der Waals surface area (Å²) in [6, 6.07) is 16.1. The van der Waals surface area contributed by atoms with E-state index >= 15 is 0 Å². The van der Waals surface area contributed by atoms with Crippen molar-refractivity contribution in [2.24, 2.45) is 0 Å². The van der Waals surface area contributed by atoms with Gasteiger partial charge < -0.3 is 15.1 Å². The van der Waals surface area contributed by atoms with Gasteiger partial charge >= 0.3 is 0 Å². The molecular weight excluding hydrogens is 377 g/mol. The highest BCUT2D eigenvalue weighted by Gasteiger charge is 2.19. The van der Waals surface area contributed by atoms with Gasteiger partial charge in [-0.3, -0.25) is 0 Å². The molecule has 1 saturated heterocycles. The Balaban J connectivity index is 1.46. The van der Waals surface area contributed by atoms with Crippen LogP contribution in [0.1, 0.15) is 5.82 Å². The predicted octanol–water partition coefficient (Wildman–Crippen LogP) is 4.65.